The van der Waals surface area contributed by atoms with Gasteiger partial charge in [0.05, 0.1) is 5.92 Å². The van der Waals surface area contributed by atoms with Crippen LogP contribution in [0.2, 0.25) is 0 Å². The molecule has 92 valence electrons. The number of hydrogen-bond donors (Lipinski definition) is 1. The molecule has 2 atom stereocenters. The normalized spacial score (nSPS) is 22.5. The number of carbonyl (C=O) groups is 2. The van der Waals surface area contributed by atoms with Crippen molar-refractivity contribution >= 4 is 23.6 Å². The summed E-state index contributed by atoms with van der Waals surface area (Å²) in [7, 11) is 0. The van der Waals surface area contributed by atoms with E-state index in [1.165, 1.54) is 0 Å². The first kappa shape index (κ1) is 13.4. The highest BCUT2D eigenvalue weighted by Crippen LogP contribution is 2.22. The van der Waals surface area contributed by atoms with E-state index in [0.29, 0.717) is 6.54 Å². The molecule has 4 nitrogen and oxygen atoms in total. The van der Waals surface area contributed by atoms with Crippen molar-refractivity contribution in [1.29, 1.82) is 0 Å². The van der Waals surface area contributed by atoms with Crippen molar-refractivity contribution in [2.24, 2.45) is 5.92 Å². The number of hydrogen-bond acceptors (Lipinski definition) is 3. The fourth-order valence-electron chi connectivity index (χ4n) is 1.88. The molecule has 1 rings (SSSR count). The number of thioether (sulfide) groups is 1. The third-order valence-corrected chi connectivity index (χ3v) is 3.86. The van der Waals surface area contributed by atoms with Crippen LogP contribution >= 0.6 is 11.8 Å². The Morgan fingerprint density at radius 3 is 2.88 bits per heavy atom. The predicted molar refractivity (Wildman–Crippen MR) is 64.5 cm³/mol. The van der Waals surface area contributed by atoms with Crippen LogP contribution in [0.5, 0.6) is 0 Å². The lowest BCUT2D eigenvalue weighted by molar-refractivity contribution is -0.141. The molecule has 1 fully saturated rings. The summed E-state index contributed by atoms with van der Waals surface area (Å²) < 4.78 is 0. The van der Waals surface area contributed by atoms with Crippen LogP contribution in [0.3, 0.4) is 0 Å². The third-order valence-electron chi connectivity index (χ3n) is 2.92. The predicted octanol–water partition coefficient (Wildman–Crippen LogP) is 1.45. The molecule has 0 aromatic rings. The van der Waals surface area contributed by atoms with Crippen LogP contribution in [0.4, 0.5) is 0 Å². The molecule has 0 saturated carbocycles. The lowest BCUT2D eigenvalue weighted by Crippen LogP contribution is -2.35. The van der Waals surface area contributed by atoms with E-state index in [1.54, 1.807) is 4.90 Å². The molecule has 1 heterocycles. The zero-order valence-corrected chi connectivity index (χ0v) is 10.6. The number of aliphatic carboxylic acids is 1. The van der Waals surface area contributed by atoms with E-state index in [9.17, 15) is 9.59 Å². The summed E-state index contributed by atoms with van der Waals surface area (Å²) in [5.41, 5.74) is 0. The van der Waals surface area contributed by atoms with Crippen molar-refractivity contribution in [3.05, 3.63) is 0 Å². The first-order valence-corrected chi connectivity index (χ1v) is 6.81. The molecule has 16 heavy (non-hydrogen) atoms. The Hall–Kier alpha value is -0.710. The Kier molecular flexibility index (Phi) is 5.12. The summed E-state index contributed by atoms with van der Waals surface area (Å²) in [6.45, 7) is 4.49. The molecule has 1 aliphatic heterocycles. The largest absolute Gasteiger partial charge is 0.481 e. The molecule has 0 bridgehead atoms. The van der Waals surface area contributed by atoms with Crippen molar-refractivity contribution in [1.82, 2.24) is 4.90 Å². The Balaban J connectivity index is 2.41. The smallest absolute Gasteiger partial charge is 0.308 e. The maximum atomic E-state index is 11.6. The molecular weight excluding hydrogens is 226 g/mol. The summed E-state index contributed by atoms with van der Waals surface area (Å²) in [5, 5.41) is 8.86. The van der Waals surface area contributed by atoms with Gasteiger partial charge in [0.1, 0.15) is 0 Å². The fraction of sp³-hybridized carbons (Fsp3) is 0.818. The second-order valence-electron chi connectivity index (χ2n) is 4.12. The van der Waals surface area contributed by atoms with Gasteiger partial charge < -0.3 is 10.0 Å². The van der Waals surface area contributed by atoms with Crippen molar-refractivity contribution in [3.8, 4) is 0 Å². The van der Waals surface area contributed by atoms with Gasteiger partial charge in [-0.15, -0.1) is 0 Å². The maximum absolute atomic E-state index is 11.6. The van der Waals surface area contributed by atoms with Gasteiger partial charge in [0, 0.05) is 19.0 Å². The van der Waals surface area contributed by atoms with Crippen LogP contribution < -0.4 is 0 Å². The zero-order chi connectivity index (χ0) is 12.1. The van der Waals surface area contributed by atoms with Gasteiger partial charge in [-0.2, -0.15) is 11.8 Å². The Morgan fingerprint density at radius 2 is 2.38 bits per heavy atom. The van der Waals surface area contributed by atoms with Gasteiger partial charge in [-0.1, -0.05) is 6.92 Å². The summed E-state index contributed by atoms with van der Waals surface area (Å²) in [5.74, 6) is 0.735. The molecule has 1 aliphatic rings. The summed E-state index contributed by atoms with van der Waals surface area (Å²) in [4.78, 5) is 24.1. The molecule has 5 heteroatoms. The van der Waals surface area contributed by atoms with E-state index in [4.69, 9.17) is 5.11 Å². The van der Waals surface area contributed by atoms with Crippen LogP contribution in [-0.4, -0.2) is 46.0 Å². The van der Waals surface area contributed by atoms with E-state index < -0.39 is 11.9 Å². The second kappa shape index (κ2) is 6.13. The Labute approximate surface area is 100 Å². The second-order valence-corrected chi connectivity index (χ2v) is 5.51. The van der Waals surface area contributed by atoms with Crippen molar-refractivity contribution in [2.75, 3.05) is 18.1 Å². The molecular formula is C11H19NO3S. The Bertz CT molecular complexity index is 270. The minimum absolute atomic E-state index is 0.0126. The molecule has 0 spiro atoms. The molecule has 0 aromatic heterocycles. The summed E-state index contributed by atoms with van der Waals surface area (Å²) in [6, 6.07) is 0.163. The SMILES string of the molecule is CCSCCC(C)N1CC(C(=O)O)CC1=O. The van der Waals surface area contributed by atoms with Crippen LogP contribution in [0.15, 0.2) is 0 Å². The minimum atomic E-state index is -0.856. The van der Waals surface area contributed by atoms with Crippen LogP contribution in [-0.2, 0) is 9.59 Å². The highest BCUT2D eigenvalue weighted by atomic mass is 32.2. The average molecular weight is 245 g/mol. The van der Waals surface area contributed by atoms with Crippen LogP contribution in [0.25, 0.3) is 0 Å². The molecule has 0 aliphatic carbocycles. The number of nitrogens with zero attached hydrogens (tertiary/aromatic N) is 1. The molecule has 1 N–H and O–H groups in total. The van der Waals surface area contributed by atoms with Crippen molar-refractivity contribution in [3.63, 3.8) is 0 Å². The number of rotatable bonds is 6. The molecule has 1 amide bonds. The first-order valence-electron chi connectivity index (χ1n) is 5.66. The zero-order valence-electron chi connectivity index (χ0n) is 9.81. The lowest BCUT2D eigenvalue weighted by Gasteiger charge is -2.24. The van der Waals surface area contributed by atoms with Crippen LogP contribution in [0, 0.1) is 5.92 Å². The van der Waals surface area contributed by atoms with Crippen molar-refractivity contribution < 1.29 is 14.7 Å². The van der Waals surface area contributed by atoms with E-state index in [0.717, 1.165) is 17.9 Å². The van der Waals surface area contributed by atoms with Crippen molar-refractivity contribution in [2.45, 2.75) is 32.7 Å². The number of amides is 1. The molecule has 0 aromatic carbocycles. The summed E-state index contributed by atoms with van der Waals surface area (Å²) >= 11 is 1.85. The van der Waals surface area contributed by atoms with Gasteiger partial charge in [-0.05, 0) is 24.9 Å². The standard InChI is InChI=1S/C11H19NO3S/c1-3-16-5-4-8(2)12-7-9(11(14)15)6-10(12)13/h8-9H,3-7H2,1-2H3,(H,14,15). The van der Waals surface area contributed by atoms with E-state index in [1.807, 2.05) is 18.7 Å². The monoisotopic (exact) mass is 245 g/mol. The Morgan fingerprint density at radius 1 is 1.69 bits per heavy atom. The van der Waals surface area contributed by atoms with Gasteiger partial charge in [0.25, 0.3) is 0 Å². The number of carboxylic acid groups (broad SMARTS) is 1. The van der Waals surface area contributed by atoms with Gasteiger partial charge in [0.15, 0.2) is 0 Å². The quantitative estimate of drug-likeness (QED) is 0.720. The third kappa shape index (κ3) is 3.40. The average Bonchev–Trinajstić information content (AvgIpc) is 2.61. The molecule has 0 radical (unpaired) electrons. The van der Waals surface area contributed by atoms with E-state index in [-0.39, 0.29) is 18.4 Å². The van der Waals surface area contributed by atoms with Crippen LogP contribution in [0.1, 0.15) is 26.7 Å². The van der Waals surface area contributed by atoms with Gasteiger partial charge in [-0.25, -0.2) is 0 Å². The summed E-state index contributed by atoms with van der Waals surface area (Å²) in [6.07, 6.45) is 1.11. The first-order chi connectivity index (χ1) is 7.56. The molecule has 2 unspecified atom stereocenters. The molecule has 1 saturated heterocycles. The maximum Gasteiger partial charge on any atom is 0.308 e. The number of carbonyl (C=O) groups excluding carboxylic acids is 1. The van der Waals surface area contributed by atoms with Gasteiger partial charge in [-0.3, -0.25) is 9.59 Å². The topological polar surface area (TPSA) is 57.6 Å². The van der Waals surface area contributed by atoms with Gasteiger partial charge >= 0.3 is 5.97 Å². The number of carboxylic acids is 1. The lowest BCUT2D eigenvalue weighted by atomic mass is 10.1. The number of likely N-dealkylation sites (tertiary alicyclic amines) is 1. The highest BCUT2D eigenvalue weighted by Gasteiger charge is 2.36. The van der Waals surface area contributed by atoms with E-state index >= 15 is 0 Å². The highest BCUT2D eigenvalue weighted by molar-refractivity contribution is 7.99. The minimum Gasteiger partial charge on any atom is -0.481 e. The fourth-order valence-corrected chi connectivity index (χ4v) is 2.67. The van der Waals surface area contributed by atoms with E-state index in [2.05, 4.69) is 6.92 Å². The van der Waals surface area contributed by atoms with Gasteiger partial charge in [0.2, 0.25) is 5.91 Å².